The molecule has 1 aliphatic heterocycles. The van der Waals surface area contributed by atoms with Gasteiger partial charge < -0.3 is 0 Å². The van der Waals surface area contributed by atoms with Crippen molar-refractivity contribution in [2.45, 2.75) is 18.8 Å². The van der Waals surface area contributed by atoms with E-state index in [1.54, 1.807) is 22.9 Å². The van der Waals surface area contributed by atoms with Crippen LogP contribution in [0.4, 0.5) is 0 Å². The molecule has 0 saturated carbocycles. The molecule has 0 spiro atoms. The predicted octanol–water partition coefficient (Wildman–Crippen LogP) is 3.68. The normalized spacial score (nSPS) is 16.7. The summed E-state index contributed by atoms with van der Waals surface area (Å²) in [5.74, 6) is -0.998. The van der Waals surface area contributed by atoms with Crippen LogP contribution in [0.25, 0.3) is 16.8 Å². The number of imide groups is 1. The van der Waals surface area contributed by atoms with Gasteiger partial charge in [0.05, 0.1) is 10.9 Å². The zero-order valence-corrected chi connectivity index (χ0v) is 15.6. The first-order chi connectivity index (χ1) is 13.5. The predicted molar refractivity (Wildman–Crippen MR) is 108 cm³/mol. The quantitative estimate of drug-likeness (QED) is 0.691. The summed E-state index contributed by atoms with van der Waals surface area (Å²) in [7, 11) is 0. The van der Waals surface area contributed by atoms with Gasteiger partial charge in [-0.15, -0.1) is 0 Å². The molecule has 2 heterocycles. The molecule has 1 atom stereocenters. The summed E-state index contributed by atoms with van der Waals surface area (Å²) in [6.45, 7) is 0. The van der Waals surface area contributed by atoms with Gasteiger partial charge in [0, 0.05) is 29.9 Å². The Labute approximate surface area is 166 Å². The van der Waals surface area contributed by atoms with E-state index in [-0.39, 0.29) is 17.4 Å². The zero-order valence-electron chi connectivity index (χ0n) is 14.9. The molecule has 1 N–H and O–H groups in total. The Hall–Kier alpha value is -3.18. The highest BCUT2D eigenvalue weighted by molar-refractivity contribution is 6.34. The van der Waals surface area contributed by atoms with Gasteiger partial charge in [0.2, 0.25) is 11.8 Å². The molecule has 1 unspecified atom stereocenters. The van der Waals surface area contributed by atoms with Crippen molar-refractivity contribution in [3.05, 3.63) is 87.8 Å². The Balaban J connectivity index is 1.69. The lowest BCUT2D eigenvalue weighted by Crippen LogP contribution is -2.39. The minimum atomic E-state index is -0.438. The molecule has 1 fully saturated rings. The summed E-state index contributed by atoms with van der Waals surface area (Å²) >= 11 is 6.64. The second-order valence-corrected chi connectivity index (χ2v) is 7.05. The van der Waals surface area contributed by atoms with Crippen LogP contribution in [-0.4, -0.2) is 16.4 Å². The van der Waals surface area contributed by atoms with E-state index in [0.717, 1.165) is 16.8 Å². The zero-order chi connectivity index (χ0) is 19.7. The Bertz CT molecular complexity index is 1120. The summed E-state index contributed by atoms with van der Waals surface area (Å²) in [5.41, 5.74) is 3.05. The first-order valence-electron chi connectivity index (χ1n) is 8.95. The van der Waals surface area contributed by atoms with Crippen molar-refractivity contribution in [3.8, 4) is 16.8 Å². The van der Waals surface area contributed by atoms with Crippen LogP contribution in [0.3, 0.4) is 0 Å². The standard InChI is InChI=1S/C22H17ClN2O3/c23-21-16(4-3-5-17(21)18-11-12-19(26)24-22(18)28)14-7-9-15(10-8-14)25-13-2-1-6-20(25)27/h1-10,13,18H,11-12H2,(H,24,26,28). The van der Waals surface area contributed by atoms with Crippen molar-refractivity contribution >= 4 is 23.4 Å². The highest BCUT2D eigenvalue weighted by Crippen LogP contribution is 2.37. The Morgan fingerprint density at radius 2 is 1.71 bits per heavy atom. The number of nitrogens with zero attached hydrogens (tertiary/aromatic N) is 1. The monoisotopic (exact) mass is 392 g/mol. The number of piperidine rings is 1. The number of hydrogen-bond donors (Lipinski definition) is 1. The molecule has 2 aromatic carbocycles. The van der Waals surface area contributed by atoms with Crippen molar-refractivity contribution in [2.24, 2.45) is 0 Å². The molecule has 28 heavy (non-hydrogen) atoms. The van der Waals surface area contributed by atoms with Gasteiger partial charge >= 0.3 is 0 Å². The maximum atomic E-state index is 12.2. The maximum absolute atomic E-state index is 12.2. The molecule has 1 aliphatic rings. The van der Waals surface area contributed by atoms with Gasteiger partial charge in [-0.3, -0.25) is 24.3 Å². The largest absolute Gasteiger partial charge is 0.296 e. The van der Waals surface area contributed by atoms with Crippen LogP contribution < -0.4 is 10.9 Å². The first kappa shape index (κ1) is 18.2. The van der Waals surface area contributed by atoms with Gasteiger partial charge in [-0.05, 0) is 35.7 Å². The summed E-state index contributed by atoms with van der Waals surface area (Å²) in [4.78, 5) is 35.6. The Morgan fingerprint density at radius 1 is 0.929 bits per heavy atom. The highest BCUT2D eigenvalue weighted by atomic mass is 35.5. The number of carbonyl (C=O) groups is 2. The molecule has 0 aliphatic carbocycles. The van der Waals surface area contributed by atoms with Gasteiger partial charge in [0.25, 0.3) is 5.56 Å². The second-order valence-electron chi connectivity index (χ2n) is 6.67. The van der Waals surface area contributed by atoms with E-state index in [9.17, 15) is 14.4 Å². The number of nitrogens with one attached hydrogen (secondary N) is 1. The molecule has 4 rings (SSSR count). The van der Waals surface area contributed by atoms with Crippen LogP contribution in [0.1, 0.15) is 24.3 Å². The van der Waals surface area contributed by atoms with E-state index in [1.165, 1.54) is 6.07 Å². The van der Waals surface area contributed by atoms with Gasteiger partial charge in [-0.25, -0.2) is 0 Å². The summed E-state index contributed by atoms with van der Waals surface area (Å²) in [6, 6.07) is 18.1. The van der Waals surface area contributed by atoms with Crippen molar-refractivity contribution in [1.82, 2.24) is 9.88 Å². The highest BCUT2D eigenvalue weighted by Gasteiger charge is 2.30. The second kappa shape index (κ2) is 7.44. The lowest BCUT2D eigenvalue weighted by atomic mass is 9.88. The van der Waals surface area contributed by atoms with Gasteiger partial charge in [0.1, 0.15) is 0 Å². The molecule has 1 aromatic heterocycles. The minimum absolute atomic E-state index is 0.104. The molecule has 2 amide bonds. The van der Waals surface area contributed by atoms with Crippen LogP contribution in [0.2, 0.25) is 5.02 Å². The number of amides is 2. The number of rotatable bonds is 3. The minimum Gasteiger partial charge on any atom is -0.296 e. The molecule has 6 heteroatoms. The molecule has 3 aromatic rings. The number of hydrogen-bond acceptors (Lipinski definition) is 3. The fourth-order valence-corrected chi connectivity index (χ4v) is 3.84. The van der Waals surface area contributed by atoms with Crippen molar-refractivity contribution in [2.75, 3.05) is 0 Å². The van der Waals surface area contributed by atoms with Crippen LogP contribution in [0.15, 0.2) is 71.7 Å². The van der Waals surface area contributed by atoms with Crippen LogP contribution in [-0.2, 0) is 9.59 Å². The molecule has 5 nitrogen and oxygen atoms in total. The number of carbonyl (C=O) groups excluding carboxylic acids is 2. The number of halogens is 1. The van der Waals surface area contributed by atoms with Crippen molar-refractivity contribution in [3.63, 3.8) is 0 Å². The molecular formula is C22H17ClN2O3. The molecular weight excluding hydrogens is 376 g/mol. The molecule has 1 saturated heterocycles. The van der Waals surface area contributed by atoms with E-state index in [1.807, 2.05) is 42.5 Å². The smallest absolute Gasteiger partial charge is 0.255 e. The Kier molecular flexibility index (Phi) is 4.84. The fourth-order valence-electron chi connectivity index (χ4n) is 3.47. The lowest BCUT2D eigenvalue weighted by Gasteiger charge is -2.23. The van der Waals surface area contributed by atoms with Gasteiger partial charge in [0.15, 0.2) is 0 Å². The maximum Gasteiger partial charge on any atom is 0.255 e. The SMILES string of the molecule is O=C1CCC(c2cccc(-c3ccc(-n4ccccc4=O)cc3)c2Cl)C(=O)N1. The first-order valence-corrected chi connectivity index (χ1v) is 9.33. The Morgan fingerprint density at radius 3 is 2.43 bits per heavy atom. The average Bonchev–Trinajstić information content (AvgIpc) is 2.69. The summed E-state index contributed by atoms with van der Waals surface area (Å²) in [5, 5.41) is 2.88. The average molecular weight is 393 g/mol. The third kappa shape index (κ3) is 3.37. The third-order valence-corrected chi connectivity index (χ3v) is 5.34. The van der Waals surface area contributed by atoms with Crippen LogP contribution in [0.5, 0.6) is 0 Å². The topological polar surface area (TPSA) is 68.2 Å². The summed E-state index contributed by atoms with van der Waals surface area (Å²) in [6.07, 6.45) is 2.47. The fraction of sp³-hybridized carbons (Fsp3) is 0.136. The van der Waals surface area contributed by atoms with E-state index < -0.39 is 5.92 Å². The molecule has 0 radical (unpaired) electrons. The van der Waals surface area contributed by atoms with E-state index in [4.69, 9.17) is 11.6 Å². The third-order valence-electron chi connectivity index (χ3n) is 4.92. The lowest BCUT2D eigenvalue weighted by molar-refractivity contribution is -0.134. The number of pyridine rings is 1. The van der Waals surface area contributed by atoms with Crippen molar-refractivity contribution in [1.29, 1.82) is 0 Å². The van der Waals surface area contributed by atoms with E-state index in [0.29, 0.717) is 23.4 Å². The number of aromatic nitrogens is 1. The van der Waals surface area contributed by atoms with Crippen molar-refractivity contribution < 1.29 is 9.59 Å². The van der Waals surface area contributed by atoms with Crippen LogP contribution in [0, 0.1) is 0 Å². The van der Waals surface area contributed by atoms with Gasteiger partial charge in [-0.1, -0.05) is 48.0 Å². The number of benzene rings is 2. The van der Waals surface area contributed by atoms with E-state index in [2.05, 4.69) is 5.32 Å². The van der Waals surface area contributed by atoms with E-state index >= 15 is 0 Å². The van der Waals surface area contributed by atoms with Crippen LogP contribution >= 0.6 is 11.6 Å². The molecule has 140 valence electrons. The summed E-state index contributed by atoms with van der Waals surface area (Å²) < 4.78 is 1.56. The van der Waals surface area contributed by atoms with Gasteiger partial charge in [-0.2, -0.15) is 0 Å². The molecule has 0 bridgehead atoms.